The highest BCUT2D eigenvalue weighted by atomic mass is 16.2. The van der Waals surface area contributed by atoms with Crippen molar-refractivity contribution >= 4 is 22.8 Å². The molecule has 1 saturated heterocycles. The van der Waals surface area contributed by atoms with Crippen LogP contribution in [0.4, 0.5) is 0 Å². The van der Waals surface area contributed by atoms with Crippen molar-refractivity contribution in [1.29, 1.82) is 0 Å². The molecule has 2 aromatic carbocycles. The predicted octanol–water partition coefficient (Wildman–Crippen LogP) is 2.64. The number of fused-ring (bicyclic) bond motifs is 1. The topological polar surface area (TPSA) is 58.4 Å². The van der Waals surface area contributed by atoms with E-state index < -0.39 is 0 Å². The number of amides is 2. The van der Waals surface area contributed by atoms with E-state index in [0.717, 1.165) is 22.5 Å². The van der Waals surface area contributed by atoms with Gasteiger partial charge in [-0.05, 0) is 37.3 Å². The van der Waals surface area contributed by atoms with Gasteiger partial charge in [-0.25, -0.2) is 4.98 Å². The van der Waals surface area contributed by atoms with Gasteiger partial charge in [0.05, 0.1) is 11.0 Å². The number of carbonyl (C=O) groups is 2. The summed E-state index contributed by atoms with van der Waals surface area (Å²) >= 11 is 0. The second kappa shape index (κ2) is 6.87. The average Bonchev–Trinajstić information content (AvgIpc) is 3.03. The summed E-state index contributed by atoms with van der Waals surface area (Å²) in [7, 11) is 0. The number of aromatic nitrogens is 2. The van der Waals surface area contributed by atoms with Gasteiger partial charge >= 0.3 is 0 Å². The van der Waals surface area contributed by atoms with Gasteiger partial charge in [-0.3, -0.25) is 14.2 Å². The first kappa shape index (κ1) is 17.3. The summed E-state index contributed by atoms with van der Waals surface area (Å²) in [5, 5.41) is 0. The van der Waals surface area contributed by atoms with Crippen LogP contribution >= 0.6 is 0 Å². The first-order valence-electron chi connectivity index (χ1n) is 9.14. The van der Waals surface area contributed by atoms with Gasteiger partial charge in [-0.15, -0.1) is 0 Å². The van der Waals surface area contributed by atoms with Crippen LogP contribution in [0.1, 0.15) is 23.1 Å². The van der Waals surface area contributed by atoms with Crippen molar-refractivity contribution in [2.45, 2.75) is 13.8 Å². The van der Waals surface area contributed by atoms with E-state index in [0.29, 0.717) is 31.7 Å². The molecule has 0 N–H and O–H groups in total. The Morgan fingerprint density at radius 2 is 1.59 bits per heavy atom. The smallest absolute Gasteiger partial charge is 0.254 e. The molecule has 0 radical (unpaired) electrons. The number of para-hydroxylation sites is 1. The molecule has 6 nitrogen and oxygen atoms in total. The molecule has 0 atom stereocenters. The van der Waals surface area contributed by atoms with Gasteiger partial charge in [0.2, 0.25) is 5.91 Å². The van der Waals surface area contributed by atoms with Crippen molar-refractivity contribution in [2.24, 2.45) is 0 Å². The van der Waals surface area contributed by atoms with Crippen LogP contribution in [-0.2, 0) is 4.79 Å². The number of hydrogen-bond donors (Lipinski definition) is 0. The van der Waals surface area contributed by atoms with E-state index in [9.17, 15) is 9.59 Å². The molecule has 1 aliphatic rings. The average molecular weight is 362 g/mol. The molecule has 0 aliphatic carbocycles. The maximum Gasteiger partial charge on any atom is 0.254 e. The van der Waals surface area contributed by atoms with Gasteiger partial charge in [0, 0.05) is 44.4 Å². The molecule has 6 heteroatoms. The van der Waals surface area contributed by atoms with Crippen molar-refractivity contribution in [3.05, 3.63) is 59.9 Å². The SMILES string of the molecule is CC(=O)N1CCN(C(=O)c2ccc3c(c2)nc(C)n3-c2ccccc2)CC1. The molecule has 1 aliphatic heterocycles. The van der Waals surface area contributed by atoms with E-state index in [-0.39, 0.29) is 11.8 Å². The Morgan fingerprint density at radius 3 is 2.26 bits per heavy atom. The monoisotopic (exact) mass is 362 g/mol. The van der Waals surface area contributed by atoms with Crippen LogP contribution in [-0.4, -0.2) is 57.3 Å². The second-order valence-electron chi connectivity index (χ2n) is 6.83. The number of nitrogens with zero attached hydrogens (tertiary/aromatic N) is 4. The van der Waals surface area contributed by atoms with Crippen LogP contribution in [0.5, 0.6) is 0 Å². The predicted molar refractivity (Wildman–Crippen MR) is 104 cm³/mol. The molecule has 27 heavy (non-hydrogen) atoms. The zero-order valence-electron chi connectivity index (χ0n) is 15.6. The Hall–Kier alpha value is -3.15. The first-order valence-corrected chi connectivity index (χ1v) is 9.14. The van der Waals surface area contributed by atoms with Crippen LogP contribution in [0.3, 0.4) is 0 Å². The number of hydrogen-bond acceptors (Lipinski definition) is 3. The molecule has 0 unspecified atom stereocenters. The summed E-state index contributed by atoms with van der Waals surface area (Å²) in [5.74, 6) is 0.938. The lowest BCUT2D eigenvalue weighted by Crippen LogP contribution is -2.50. The summed E-state index contributed by atoms with van der Waals surface area (Å²) in [4.78, 5) is 32.6. The Kier molecular flexibility index (Phi) is 4.39. The lowest BCUT2D eigenvalue weighted by molar-refractivity contribution is -0.130. The standard InChI is InChI=1S/C21H22N4O2/c1-15-22-19-14-17(21(27)24-12-10-23(11-13-24)16(2)26)8-9-20(19)25(15)18-6-4-3-5-7-18/h3-9,14H,10-13H2,1-2H3. The van der Waals surface area contributed by atoms with Gasteiger partial charge in [-0.1, -0.05) is 18.2 Å². The maximum atomic E-state index is 12.9. The van der Waals surface area contributed by atoms with Gasteiger partial charge in [0.25, 0.3) is 5.91 Å². The van der Waals surface area contributed by atoms with Crippen LogP contribution in [0.15, 0.2) is 48.5 Å². The summed E-state index contributed by atoms with van der Waals surface area (Å²) < 4.78 is 2.09. The molecule has 0 spiro atoms. The number of imidazole rings is 1. The minimum atomic E-state index is -0.00739. The minimum absolute atomic E-state index is 0.00739. The Bertz CT molecular complexity index is 1000. The van der Waals surface area contributed by atoms with Crippen LogP contribution in [0.25, 0.3) is 16.7 Å². The molecule has 2 heterocycles. The molecule has 1 aromatic heterocycles. The molecular formula is C21H22N4O2. The third kappa shape index (κ3) is 3.18. The Labute approximate surface area is 158 Å². The summed E-state index contributed by atoms with van der Waals surface area (Å²) in [6.07, 6.45) is 0. The molecule has 2 amide bonds. The van der Waals surface area contributed by atoms with E-state index in [1.165, 1.54) is 0 Å². The van der Waals surface area contributed by atoms with Crippen LogP contribution in [0.2, 0.25) is 0 Å². The molecule has 4 rings (SSSR count). The third-order valence-corrected chi connectivity index (χ3v) is 5.10. The van der Waals surface area contributed by atoms with Crippen molar-refractivity contribution in [1.82, 2.24) is 19.4 Å². The minimum Gasteiger partial charge on any atom is -0.339 e. The molecule has 1 fully saturated rings. The lowest BCUT2D eigenvalue weighted by Gasteiger charge is -2.34. The van der Waals surface area contributed by atoms with Crippen molar-refractivity contribution in [2.75, 3.05) is 26.2 Å². The van der Waals surface area contributed by atoms with E-state index in [4.69, 9.17) is 0 Å². The van der Waals surface area contributed by atoms with E-state index in [1.54, 1.807) is 11.8 Å². The van der Waals surface area contributed by atoms with Crippen molar-refractivity contribution < 1.29 is 9.59 Å². The quantitative estimate of drug-likeness (QED) is 0.704. The lowest BCUT2D eigenvalue weighted by atomic mass is 10.1. The second-order valence-corrected chi connectivity index (χ2v) is 6.83. The fourth-order valence-corrected chi connectivity index (χ4v) is 3.64. The highest BCUT2D eigenvalue weighted by Gasteiger charge is 2.23. The normalized spacial score (nSPS) is 14.6. The Balaban J connectivity index is 1.61. The Morgan fingerprint density at radius 1 is 0.926 bits per heavy atom. The van der Waals surface area contributed by atoms with Gasteiger partial charge < -0.3 is 9.80 Å². The van der Waals surface area contributed by atoms with E-state index in [2.05, 4.69) is 9.55 Å². The maximum absolute atomic E-state index is 12.9. The third-order valence-electron chi connectivity index (χ3n) is 5.10. The van der Waals surface area contributed by atoms with Gasteiger partial charge in [0.15, 0.2) is 0 Å². The van der Waals surface area contributed by atoms with Crippen molar-refractivity contribution in [3.63, 3.8) is 0 Å². The number of piperazine rings is 1. The number of benzene rings is 2. The number of carbonyl (C=O) groups excluding carboxylic acids is 2. The zero-order chi connectivity index (χ0) is 19.0. The highest BCUT2D eigenvalue weighted by molar-refractivity contribution is 5.97. The van der Waals surface area contributed by atoms with Gasteiger partial charge in [-0.2, -0.15) is 0 Å². The molecular weight excluding hydrogens is 340 g/mol. The molecule has 3 aromatic rings. The molecule has 138 valence electrons. The summed E-state index contributed by atoms with van der Waals surface area (Å²) in [5.41, 5.74) is 3.48. The highest BCUT2D eigenvalue weighted by Crippen LogP contribution is 2.23. The van der Waals surface area contributed by atoms with E-state index in [1.807, 2.05) is 60.4 Å². The first-order chi connectivity index (χ1) is 13.0. The summed E-state index contributed by atoms with van der Waals surface area (Å²) in [6.45, 7) is 5.84. The zero-order valence-corrected chi connectivity index (χ0v) is 15.6. The van der Waals surface area contributed by atoms with E-state index >= 15 is 0 Å². The fraction of sp³-hybridized carbons (Fsp3) is 0.286. The molecule has 0 saturated carbocycles. The fourth-order valence-electron chi connectivity index (χ4n) is 3.64. The van der Waals surface area contributed by atoms with Crippen LogP contribution < -0.4 is 0 Å². The number of aryl methyl sites for hydroxylation is 1. The largest absolute Gasteiger partial charge is 0.339 e. The molecule has 0 bridgehead atoms. The summed E-state index contributed by atoms with van der Waals surface area (Å²) in [6, 6.07) is 15.8. The van der Waals surface area contributed by atoms with Crippen molar-refractivity contribution in [3.8, 4) is 5.69 Å². The van der Waals surface area contributed by atoms with Gasteiger partial charge in [0.1, 0.15) is 5.82 Å². The number of rotatable bonds is 2. The van der Waals surface area contributed by atoms with Crippen LogP contribution in [0, 0.1) is 6.92 Å².